The van der Waals surface area contributed by atoms with Crippen LogP contribution < -0.4 is 4.90 Å². The molecule has 1 aliphatic heterocycles. The maximum absolute atomic E-state index is 7.03. The SMILES string of the molecule is C=C1/C=C\C=C/CN(c2ccccc2)c2ccc3c4cc(-c5cccc6c5oc5c(-c7nc(-c8ccccc8)nc(-c8ccccc8)n7)cccc56)ccc4n(-c4ccccc4)c3c21. The molecule has 4 heterocycles. The molecular formula is C58H39N5O. The van der Waals surface area contributed by atoms with E-state index in [1.54, 1.807) is 0 Å². The molecule has 0 saturated heterocycles. The summed E-state index contributed by atoms with van der Waals surface area (Å²) in [6.07, 6.45) is 8.53. The van der Waals surface area contributed by atoms with Gasteiger partial charge in [0.2, 0.25) is 0 Å². The summed E-state index contributed by atoms with van der Waals surface area (Å²) < 4.78 is 9.43. The van der Waals surface area contributed by atoms with Crippen molar-refractivity contribution in [1.29, 1.82) is 0 Å². The van der Waals surface area contributed by atoms with Gasteiger partial charge in [-0.05, 0) is 59.7 Å². The molecule has 0 saturated carbocycles. The Bertz CT molecular complexity index is 3590. The van der Waals surface area contributed by atoms with Gasteiger partial charge in [0.1, 0.15) is 11.2 Å². The molecule has 0 N–H and O–H groups in total. The summed E-state index contributed by atoms with van der Waals surface area (Å²) >= 11 is 0. The second-order valence-electron chi connectivity index (χ2n) is 16.0. The molecule has 0 spiro atoms. The second kappa shape index (κ2) is 15.4. The summed E-state index contributed by atoms with van der Waals surface area (Å²) in [5.41, 5.74) is 13.8. The van der Waals surface area contributed by atoms with Crippen LogP contribution in [0.2, 0.25) is 0 Å². The van der Waals surface area contributed by atoms with Crippen molar-refractivity contribution in [3.63, 3.8) is 0 Å². The van der Waals surface area contributed by atoms with Crippen LogP contribution >= 0.6 is 0 Å². The lowest BCUT2D eigenvalue weighted by Gasteiger charge is -2.27. The van der Waals surface area contributed by atoms with Crippen LogP contribution in [0, 0.1) is 0 Å². The Morgan fingerprint density at radius 1 is 0.469 bits per heavy atom. The van der Waals surface area contributed by atoms with Gasteiger partial charge in [-0.1, -0.05) is 170 Å². The van der Waals surface area contributed by atoms with Gasteiger partial charge >= 0.3 is 0 Å². The van der Waals surface area contributed by atoms with E-state index in [9.17, 15) is 0 Å². The molecule has 0 radical (unpaired) electrons. The lowest BCUT2D eigenvalue weighted by atomic mass is 9.97. The molecule has 302 valence electrons. The van der Waals surface area contributed by atoms with Gasteiger partial charge in [0, 0.05) is 61.7 Å². The van der Waals surface area contributed by atoms with Crippen LogP contribution in [0.3, 0.4) is 0 Å². The van der Waals surface area contributed by atoms with Crippen LogP contribution in [0.4, 0.5) is 11.4 Å². The number of fused-ring (bicyclic) bond motifs is 8. The highest BCUT2D eigenvalue weighted by Gasteiger charge is 2.25. The van der Waals surface area contributed by atoms with Crippen molar-refractivity contribution >= 4 is 60.7 Å². The number of nitrogens with zero attached hydrogens (tertiary/aromatic N) is 5. The molecule has 1 aliphatic rings. The number of allylic oxidation sites excluding steroid dienone is 4. The third kappa shape index (κ3) is 6.23. The molecular weight excluding hydrogens is 783 g/mol. The fourth-order valence-electron chi connectivity index (χ4n) is 9.25. The number of furan rings is 1. The highest BCUT2D eigenvalue weighted by atomic mass is 16.3. The van der Waals surface area contributed by atoms with E-state index in [4.69, 9.17) is 19.4 Å². The fraction of sp³-hybridized carbons (Fsp3) is 0.0172. The van der Waals surface area contributed by atoms with E-state index in [-0.39, 0.29) is 0 Å². The van der Waals surface area contributed by atoms with Crippen LogP contribution in [0.25, 0.3) is 100 Å². The van der Waals surface area contributed by atoms with E-state index in [0.29, 0.717) is 17.5 Å². The predicted molar refractivity (Wildman–Crippen MR) is 264 cm³/mol. The van der Waals surface area contributed by atoms with E-state index in [0.717, 1.165) is 106 Å². The van der Waals surface area contributed by atoms with E-state index >= 15 is 0 Å². The Morgan fingerprint density at radius 2 is 1.06 bits per heavy atom. The monoisotopic (exact) mass is 821 g/mol. The van der Waals surface area contributed by atoms with Crippen molar-refractivity contribution in [3.8, 4) is 51.0 Å². The highest BCUT2D eigenvalue weighted by molar-refractivity contribution is 6.17. The average Bonchev–Trinajstić information content (AvgIpc) is 3.93. The molecule has 11 aromatic rings. The molecule has 0 bridgehead atoms. The maximum Gasteiger partial charge on any atom is 0.167 e. The zero-order valence-corrected chi connectivity index (χ0v) is 34.8. The number of hydrogen-bond acceptors (Lipinski definition) is 5. The minimum Gasteiger partial charge on any atom is -0.455 e. The van der Waals surface area contributed by atoms with Crippen molar-refractivity contribution in [1.82, 2.24) is 19.5 Å². The third-order valence-electron chi connectivity index (χ3n) is 12.2. The number of para-hydroxylation sites is 4. The number of rotatable bonds is 6. The molecule has 3 aromatic heterocycles. The van der Waals surface area contributed by atoms with Crippen molar-refractivity contribution < 1.29 is 4.42 Å². The van der Waals surface area contributed by atoms with Crippen molar-refractivity contribution in [2.75, 3.05) is 11.4 Å². The van der Waals surface area contributed by atoms with Gasteiger partial charge in [0.15, 0.2) is 17.5 Å². The van der Waals surface area contributed by atoms with Gasteiger partial charge in [-0.3, -0.25) is 0 Å². The Morgan fingerprint density at radius 3 is 1.73 bits per heavy atom. The van der Waals surface area contributed by atoms with Crippen LogP contribution in [0.5, 0.6) is 0 Å². The Hall–Kier alpha value is -8.61. The number of benzene rings is 8. The van der Waals surface area contributed by atoms with E-state index < -0.39 is 0 Å². The quantitative estimate of drug-likeness (QED) is 0.167. The first-order valence-electron chi connectivity index (χ1n) is 21.5. The fourth-order valence-corrected chi connectivity index (χ4v) is 9.25. The van der Waals surface area contributed by atoms with Crippen LogP contribution in [-0.2, 0) is 0 Å². The van der Waals surface area contributed by atoms with E-state index in [1.807, 2.05) is 66.7 Å². The smallest absolute Gasteiger partial charge is 0.167 e. The standard InChI is InChI=1S/C58H39N5O/c1-38-19-7-6-16-36-62(42-24-12-4-13-25-42)51-35-33-45-49-37-41(32-34-50(49)63(53(45)52(38)51)43-26-14-5-15-27-43)44-28-17-29-46-47-30-18-31-48(55(47)64-54(44)46)58-60-56(39-20-8-2-9-21-39)59-57(61-58)40-22-10-3-11-23-40/h2-35,37H,1,36H2/b16-6-,19-7-. The molecule has 0 fully saturated rings. The highest BCUT2D eigenvalue weighted by Crippen LogP contribution is 2.45. The summed E-state index contributed by atoms with van der Waals surface area (Å²) in [5.74, 6) is 1.76. The summed E-state index contributed by atoms with van der Waals surface area (Å²) in [7, 11) is 0. The lowest BCUT2D eigenvalue weighted by molar-refractivity contribution is 0.670. The van der Waals surface area contributed by atoms with Gasteiger partial charge in [-0.15, -0.1) is 0 Å². The number of hydrogen-bond donors (Lipinski definition) is 0. The van der Waals surface area contributed by atoms with Gasteiger partial charge in [-0.25, -0.2) is 15.0 Å². The minimum atomic E-state index is 0.553. The molecule has 0 aliphatic carbocycles. The number of anilines is 2. The Labute approximate surface area is 370 Å². The van der Waals surface area contributed by atoms with Crippen LogP contribution in [0.15, 0.2) is 223 Å². The molecule has 0 unspecified atom stereocenters. The second-order valence-corrected chi connectivity index (χ2v) is 16.0. The summed E-state index contributed by atoms with van der Waals surface area (Å²) in [6.45, 7) is 5.40. The lowest BCUT2D eigenvalue weighted by Crippen LogP contribution is -2.18. The van der Waals surface area contributed by atoms with Gasteiger partial charge < -0.3 is 13.9 Å². The Balaban J connectivity index is 1.07. The molecule has 12 rings (SSSR count). The molecule has 64 heavy (non-hydrogen) atoms. The maximum atomic E-state index is 7.03. The van der Waals surface area contributed by atoms with Crippen molar-refractivity contribution in [2.45, 2.75) is 0 Å². The summed E-state index contributed by atoms with van der Waals surface area (Å²) in [5, 5.41) is 4.31. The molecule has 6 nitrogen and oxygen atoms in total. The van der Waals surface area contributed by atoms with Gasteiger partial charge in [-0.2, -0.15) is 0 Å². The van der Waals surface area contributed by atoms with E-state index in [1.165, 1.54) is 0 Å². The van der Waals surface area contributed by atoms with Crippen molar-refractivity contribution in [3.05, 3.63) is 225 Å². The van der Waals surface area contributed by atoms with Crippen LogP contribution in [-0.4, -0.2) is 26.1 Å². The van der Waals surface area contributed by atoms with Crippen molar-refractivity contribution in [2.24, 2.45) is 0 Å². The largest absolute Gasteiger partial charge is 0.455 e. The van der Waals surface area contributed by atoms with Gasteiger partial charge in [0.25, 0.3) is 0 Å². The first kappa shape index (κ1) is 37.2. The van der Waals surface area contributed by atoms with Crippen LogP contribution in [0.1, 0.15) is 5.56 Å². The predicted octanol–water partition coefficient (Wildman–Crippen LogP) is 14.8. The first-order chi connectivity index (χ1) is 31.7. The summed E-state index contributed by atoms with van der Waals surface area (Å²) in [4.78, 5) is 17.4. The molecule has 0 atom stereocenters. The van der Waals surface area contributed by atoms with Gasteiger partial charge in [0.05, 0.1) is 22.3 Å². The first-order valence-corrected chi connectivity index (χ1v) is 21.5. The zero-order chi connectivity index (χ0) is 42.6. The topological polar surface area (TPSA) is 60.0 Å². The minimum absolute atomic E-state index is 0.553. The average molecular weight is 822 g/mol. The molecule has 6 heteroatoms. The third-order valence-corrected chi connectivity index (χ3v) is 12.2. The molecule has 0 amide bonds. The number of aromatic nitrogens is 4. The zero-order valence-electron chi connectivity index (χ0n) is 34.8. The molecule has 8 aromatic carbocycles. The van der Waals surface area contributed by atoms with E-state index in [2.05, 4.69) is 162 Å². The summed E-state index contributed by atoms with van der Waals surface area (Å²) in [6, 6.07) is 65.3. The Kier molecular flexibility index (Phi) is 8.94. The normalized spacial score (nSPS) is 13.8.